The van der Waals surface area contributed by atoms with Gasteiger partial charge in [0, 0.05) is 10.5 Å². The summed E-state index contributed by atoms with van der Waals surface area (Å²) in [6, 6.07) is 18.3. The highest BCUT2D eigenvalue weighted by atomic mass is 32.1. The van der Waals surface area contributed by atoms with E-state index in [1.807, 2.05) is 0 Å². The van der Waals surface area contributed by atoms with Gasteiger partial charge < -0.3 is 0 Å². The van der Waals surface area contributed by atoms with E-state index in [0.29, 0.717) is 0 Å². The third-order valence-corrected chi connectivity index (χ3v) is 9.51. The summed E-state index contributed by atoms with van der Waals surface area (Å²) in [6.07, 6.45) is 27.4. The quantitative estimate of drug-likeness (QED) is 0.0990. The van der Waals surface area contributed by atoms with E-state index in [1.54, 1.807) is 0 Å². The van der Waals surface area contributed by atoms with Crippen molar-refractivity contribution >= 4 is 25.3 Å². The van der Waals surface area contributed by atoms with Crippen LogP contribution in [0.3, 0.4) is 0 Å². The lowest BCUT2D eigenvalue weighted by atomic mass is 9.98. The van der Waals surface area contributed by atoms with Gasteiger partial charge in [-0.3, -0.25) is 0 Å². The minimum atomic E-state index is 0.100. The van der Waals surface area contributed by atoms with Crippen LogP contribution in [-0.4, -0.2) is 0 Å². The Hall–Kier alpha value is -0.860. The molecule has 0 heterocycles. The number of aryl methyl sites for hydroxylation is 2. The van der Waals surface area contributed by atoms with Gasteiger partial charge >= 0.3 is 0 Å². The predicted octanol–water partition coefficient (Wildman–Crippen LogP) is 12.5. The Morgan fingerprint density at radius 1 is 0.395 bits per heavy atom. The molecular weight excluding hydrogens is 497 g/mol. The highest BCUT2D eigenvalue weighted by Crippen LogP contribution is 2.39. The second-order valence-electron chi connectivity index (χ2n) is 11.5. The molecule has 2 rings (SSSR count). The minimum absolute atomic E-state index is 0.100. The molecular formula is C36H58S2. The van der Waals surface area contributed by atoms with Crippen molar-refractivity contribution in [2.24, 2.45) is 0 Å². The summed E-state index contributed by atoms with van der Waals surface area (Å²) in [7, 11) is 0. The number of unbranched alkanes of at least 4 members (excludes halogenated alkanes) is 16. The molecule has 2 unspecified atom stereocenters. The molecule has 0 aliphatic rings. The molecule has 0 amide bonds. The summed E-state index contributed by atoms with van der Waals surface area (Å²) in [6.45, 7) is 4.58. The Bertz CT molecular complexity index is 726. The van der Waals surface area contributed by atoms with Crippen LogP contribution >= 0.6 is 25.3 Å². The van der Waals surface area contributed by atoms with Crippen molar-refractivity contribution in [1.82, 2.24) is 0 Å². The molecule has 0 spiro atoms. The summed E-state index contributed by atoms with van der Waals surface area (Å²) in [5.41, 5.74) is 5.44. The lowest BCUT2D eigenvalue weighted by Gasteiger charge is -2.20. The fraction of sp³-hybridized carbons (Fsp3) is 0.667. The first-order chi connectivity index (χ1) is 18.7. The van der Waals surface area contributed by atoms with Crippen molar-refractivity contribution in [3.05, 3.63) is 70.8 Å². The zero-order valence-electron chi connectivity index (χ0n) is 24.8. The average molecular weight is 555 g/mol. The predicted molar refractivity (Wildman–Crippen MR) is 178 cm³/mol. The highest BCUT2D eigenvalue weighted by Gasteiger charge is 2.18. The van der Waals surface area contributed by atoms with E-state index in [9.17, 15) is 0 Å². The first-order valence-electron chi connectivity index (χ1n) is 16.2. The van der Waals surface area contributed by atoms with E-state index in [-0.39, 0.29) is 10.5 Å². The number of benzene rings is 2. The summed E-state index contributed by atoms with van der Waals surface area (Å²) in [5, 5.41) is 0.200. The van der Waals surface area contributed by atoms with E-state index < -0.39 is 0 Å². The normalized spacial score (nSPS) is 13.1. The van der Waals surface area contributed by atoms with Crippen LogP contribution in [0.4, 0.5) is 0 Å². The average Bonchev–Trinajstić information content (AvgIpc) is 2.95. The van der Waals surface area contributed by atoms with Crippen LogP contribution in [0.15, 0.2) is 48.5 Å². The van der Waals surface area contributed by atoms with Crippen LogP contribution in [-0.2, 0) is 12.8 Å². The number of hydrogen-bond donors (Lipinski definition) is 2. The van der Waals surface area contributed by atoms with Crippen LogP contribution in [0, 0.1) is 0 Å². The molecule has 0 aliphatic carbocycles. The molecule has 0 aliphatic heterocycles. The van der Waals surface area contributed by atoms with Gasteiger partial charge in [-0.2, -0.15) is 25.3 Å². The second-order valence-corrected chi connectivity index (χ2v) is 12.6. The van der Waals surface area contributed by atoms with Crippen molar-refractivity contribution in [2.75, 3.05) is 0 Å². The Morgan fingerprint density at radius 2 is 0.658 bits per heavy atom. The molecule has 2 atom stereocenters. The van der Waals surface area contributed by atoms with Crippen molar-refractivity contribution in [2.45, 2.75) is 153 Å². The molecule has 0 nitrogen and oxygen atoms in total. The molecule has 0 saturated heterocycles. The minimum Gasteiger partial charge on any atom is -0.170 e. The monoisotopic (exact) mass is 554 g/mol. The highest BCUT2D eigenvalue weighted by molar-refractivity contribution is 7.84. The summed E-state index contributed by atoms with van der Waals surface area (Å²) >= 11 is 9.93. The maximum absolute atomic E-state index is 4.96. The van der Waals surface area contributed by atoms with Gasteiger partial charge in [0.2, 0.25) is 0 Å². The first kappa shape index (κ1) is 33.3. The van der Waals surface area contributed by atoms with E-state index in [1.165, 1.54) is 151 Å². The van der Waals surface area contributed by atoms with Crippen LogP contribution in [0.5, 0.6) is 0 Å². The third kappa shape index (κ3) is 14.5. The van der Waals surface area contributed by atoms with Gasteiger partial charge in [-0.05, 0) is 47.9 Å². The summed E-state index contributed by atoms with van der Waals surface area (Å²) in [4.78, 5) is 0. The molecule has 214 valence electrons. The molecule has 0 radical (unpaired) electrons. The zero-order chi connectivity index (χ0) is 27.3. The van der Waals surface area contributed by atoms with Crippen LogP contribution in [0.25, 0.3) is 0 Å². The van der Waals surface area contributed by atoms with E-state index >= 15 is 0 Å². The molecule has 0 fully saturated rings. The van der Waals surface area contributed by atoms with Gasteiger partial charge in [-0.1, -0.05) is 165 Å². The van der Waals surface area contributed by atoms with Gasteiger partial charge in [-0.25, -0.2) is 0 Å². The van der Waals surface area contributed by atoms with Crippen molar-refractivity contribution < 1.29 is 0 Å². The number of thiol groups is 2. The van der Waals surface area contributed by atoms with Crippen LogP contribution < -0.4 is 0 Å². The van der Waals surface area contributed by atoms with E-state index in [4.69, 9.17) is 25.3 Å². The van der Waals surface area contributed by atoms with Gasteiger partial charge in [0.05, 0.1) is 0 Å². The molecule has 0 aromatic heterocycles. The second kappa shape index (κ2) is 21.9. The van der Waals surface area contributed by atoms with Gasteiger partial charge in [-0.15, -0.1) is 0 Å². The maximum Gasteiger partial charge on any atom is 0.0424 e. The van der Waals surface area contributed by atoms with Crippen molar-refractivity contribution in [3.8, 4) is 0 Å². The maximum atomic E-state index is 4.96. The fourth-order valence-corrected chi connectivity index (χ4v) is 6.10. The lowest BCUT2D eigenvalue weighted by Crippen LogP contribution is -2.01. The van der Waals surface area contributed by atoms with Crippen LogP contribution in [0.1, 0.15) is 162 Å². The Kier molecular flexibility index (Phi) is 19.2. The first-order valence-corrected chi connectivity index (χ1v) is 17.2. The fourth-order valence-electron chi connectivity index (χ4n) is 5.41. The molecule has 38 heavy (non-hydrogen) atoms. The summed E-state index contributed by atoms with van der Waals surface area (Å²) in [5.74, 6) is 0. The van der Waals surface area contributed by atoms with Crippen LogP contribution in [0.2, 0.25) is 0 Å². The molecule has 2 aromatic rings. The smallest absolute Gasteiger partial charge is 0.0424 e. The zero-order valence-corrected chi connectivity index (χ0v) is 26.6. The van der Waals surface area contributed by atoms with Crippen molar-refractivity contribution in [1.29, 1.82) is 0 Å². The lowest BCUT2D eigenvalue weighted by molar-refractivity contribution is 0.565. The number of hydrogen-bond acceptors (Lipinski definition) is 2. The van der Waals surface area contributed by atoms with Gasteiger partial charge in [0.1, 0.15) is 0 Å². The summed E-state index contributed by atoms with van der Waals surface area (Å²) < 4.78 is 0. The SMILES string of the molecule is CCCCCCCCCCCc1ccc(C(S)C(S)c2ccc(CCCCCCCCCCC)cc2)cc1. The van der Waals surface area contributed by atoms with Gasteiger partial charge in [0.15, 0.2) is 0 Å². The Morgan fingerprint density at radius 3 is 0.947 bits per heavy atom. The molecule has 2 aromatic carbocycles. The van der Waals surface area contributed by atoms with Crippen molar-refractivity contribution in [3.63, 3.8) is 0 Å². The number of rotatable bonds is 23. The van der Waals surface area contributed by atoms with E-state index in [0.717, 1.165) is 0 Å². The molecule has 0 bridgehead atoms. The topological polar surface area (TPSA) is 0 Å². The molecule has 2 heteroatoms. The standard InChI is InChI=1S/C36H58S2/c1-3-5-7-9-11-13-15-17-19-21-31-23-27-33(28-24-31)35(37)36(38)34-29-25-32(26-30-34)22-20-18-16-14-12-10-8-6-4-2/h23-30,35-38H,3-22H2,1-2H3. The van der Waals surface area contributed by atoms with Gasteiger partial charge in [0.25, 0.3) is 0 Å². The Balaban J connectivity index is 1.63. The Labute approximate surface area is 248 Å². The molecule has 0 N–H and O–H groups in total. The molecule has 0 saturated carbocycles. The largest absolute Gasteiger partial charge is 0.170 e. The third-order valence-electron chi connectivity index (χ3n) is 8.08. The van der Waals surface area contributed by atoms with E-state index in [2.05, 4.69) is 62.4 Å².